The molecule has 8 heteroatoms. The predicted molar refractivity (Wildman–Crippen MR) is 139 cm³/mol. The Morgan fingerprint density at radius 3 is 2.91 bits per heavy atom. The Labute approximate surface area is 209 Å². The average molecular weight is 553 g/mol. The van der Waals surface area contributed by atoms with Crippen LogP contribution in [-0.4, -0.2) is 58.4 Å². The molecule has 0 spiro atoms. The van der Waals surface area contributed by atoms with Crippen LogP contribution >= 0.6 is 24.0 Å². The number of nitrogens with one attached hydrogen (secondary N) is 1. The molecule has 0 radical (unpaired) electrons. The Hall–Kier alpha value is -1.68. The van der Waals surface area contributed by atoms with Crippen molar-refractivity contribution in [3.8, 4) is 0 Å². The number of aryl methyl sites for hydroxylation is 3. The topological polar surface area (TPSA) is 67.6 Å². The number of rotatable bonds is 6. The molecule has 2 aromatic rings. The first kappa shape index (κ1) is 25.0. The lowest BCUT2D eigenvalue weighted by atomic mass is 10.0. The fourth-order valence-corrected chi connectivity index (χ4v) is 4.56. The van der Waals surface area contributed by atoms with E-state index in [0.717, 1.165) is 70.4 Å². The second-order valence-corrected chi connectivity index (χ2v) is 8.50. The molecule has 2 aliphatic rings. The summed E-state index contributed by atoms with van der Waals surface area (Å²) in [5.41, 5.74) is 2.55. The highest BCUT2D eigenvalue weighted by Crippen LogP contribution is 2.25. The number of morpholine rings is 1. The van der Waals surface area contributed by atoms with Crippen molar-refractivity contribution in [3.63, 3.8) is 0 Å². The third-order valence-corrected chi connectivity index (χ3v) is 6.24. The monoisotopic (exact) mass is 552 g/mol. The van der Waals surface area contributed by atoms with Crippen LogP contribution in [0.1, 0.15) is 61.5 Å². The van der Waals surface area contributed by atoms with Gasteiger partial charge in [-0.2, -0.15) is 0 Å². The second-order valence-electron chi connectivity index (χ2n) is 8.50. The zero-order valence-electron chi connectivity index (χ0n) is 19.4. The van der Waals surface area contributed by atoms with E-state index < -0.39 is 0 Å². The molecular weight excluding hydrogens is 515 g/mol. The molecule has 0 saturated carbocycles. The highest BCUT2D eigenvalue weighted by Gasteiger charge is 2.25. The van der Waals surface area contributed by atoms with Crippen LogP contribution < -0.4 is 5.32 Å². The molecule has 3 heterocycles. The minimum atomic E-state index is 0. The Kier molecular flexibility index (Phi) is 9.77. The minimum Gasteiger partial charge on any atom is -0.370 e. The van der Waals surface area contributed by atoms with Crippen LogP contribution in [0.3, 0.4) is 0 Å². The van der Waals surface area contributed by atoms with Gasteiger partial charge in [-0.1, -0.05) is 30.7 Å². The molecule has 1 aromatic carbocycles. The number of fused-ring (bicyclic) bond motifs is 1. The molecule has 1 saturated heterocycles. The number of aliphatic imine (C=N–C) groups is 1. The van der Waals surface area contributed by atoms with Gasteiger partial charge in [0.2, 0.25) is 0 Å². The van der Waals surface area contributed by atoms with Gasteiger partial charge in [0.05, 0.1) is 13.2 Å². The maximum absolute atomic E-state index is 6.10. The lowest BCUT2D eigenvalue weighted by molar-refractivity contribution is -0.00832. The average Bonchev–Trinajstić information content (AvgIpc) is 3.02. The fraction of sp³-hybridized carbons (Fsp3) is 0.625. The van der Waals surface area contributed by atoms with E-state index in [4.69, 9.17) is 9.73 Å². The number of benzene rings is 1. The largest absolute Gasteiger partial charge is 0.370 e. The van der Waals surface area contributed by atoms with Crippen LogP contribution in [0.5, 0.6) is 0 Å². The van der Waals surface area contributed by atoms with E-state index in [1.54, 1.807) is 0 Å². The third kappa shape index (κ3) is 6.21. The molecule has 32 heavy (non-hydrogen) atoms. The number of hydrogen-bond acceptors (Lipinski definition) is 4. The summed E-state index contributed by atoms with van der Waals surface area (Å²) in [5, 5.41) is 12.4. The summed E-state index contributed by atoms with van der Waals surface area (Å²) in [6.07, 6.45) is 6.84. The second kappa shape index (κ2) is 12.5. The number of halogens is 1. The molecular formula is C24H37IN6O. The van der Waals surface area contributed by atoms with Crippen LogP contribution in [0.2, 0.25) is 0 Å². The van der Waals surface area contributed by atoms with Crippen molar-refractivity contribution in [3.05, 3.63) is 47.0 Å². The first-order valence-electron chi connectivity index (χ1n) is 11.9. The van der Waals surface area contributed by atoms with Crippen molar-refractivity contribution in [1.29, 1.82) is 0 Å². The number of hydrogen-bond donors (Lipinski definition) is 1. The van der Waals surface area contributed by atoms with Crippen LogP contribution in [0.25, 0.3) is 0 Å². The molecule has 176 valence electrons. The van der Waals surface area contributed by atoms with Crippen LogP contribution in [0.15, 0.2) is 29.3 Å². The lowest BCUT2D eigenvalue weighted by Crippen LogP contribution is -2.48. The zero-order valence-corrected chi connectivity index (χ0v) is 21.8. The Balaban J connectivity index is 0.00000289. The first-order valence-corrected chi connectivity index (χ1v) is 11.9. The standard InChI is InChI=1S/C24H36N6O.HI/c1-3-25-24(29-16-17-31-21(18-29)20-11-7-6-10-19(20)2)26-14-9-13-23-28-27-22-12-5-4-8-15-30(22)23;/h6-7,10-11,21H,3-5,8-9,12-18H2,1-2H3,(H,25,26);1H. The summed E-state index contributed by atoms with van der Waals surface area (Å²) < 4.78 is 8.44. The summed E-state index contributed by atoms with van der Waals surface area (Å²) in [5.74, 6) is 3.28. The number of guanidine groups is 1. The van der Waals surface area contributed by atoms with E-state index >= 15 is 0 Å². The predicted octanol–water partition coefficient (Wildman–Crippen LogP) is 3.90. The number of nitrogens with zero attached hydrogens (tertiary/aromatic N) is 5. The van der Waals surface area contributed by atoms with E-state index in [0.29, 0.717) is 0 Å². The van der Waals surface area contributed by atoms with Gasteiger partial charge < -0.3 is 19.5 Å². The lowest BCUT2D eigenvalue weighted by Gasteiger charge is -2.35. The van der Waals surface area contributed by atoms with Crippen LogP contribution in [0, 0.1) is 6.92 Å². The van der Waals surface area contributed by atoms with E-state index in [1.807, 2.05) is 0 Å². The van der Waals surface area contributed by atoms with E-state index in [9.17, 15) is 0 Å². The van der Waals surface area contributed by atoms with Crippen LogP contribution in [-0.2, 0) is 24.1 Å². The van der Waals surface area contributed by atoms with Crippen molar-refractivity contribution in [2.75, 3.05) is 32.8 Å². The van der Waals surface area contributed by atoms with Gasteiger partial charge in [0.1, 0.15) is 17.8 Å². The van der Waals surface area contributed by atoms with Gasteiger partial charge >= 0.3 is 0 Å². The Bertz CT molecular complexity index is 883. The molecule has 0 amide bonds. The summed E-state index contributed by atoms with van der Waals surface area (Å²) in [6, 6.07) is 8.51. The molecule has 4 rings (SSSR count). The number of ether oxygens (including phenoxy) is 1. The normalized spacial score (nSPS) is 19.1. The highest BCUT2D eigenvalue weighted by molar-refractivity contribution is 14.0. The molecule has 2 aliphatic heterocycles. The number of aromatic nitrogens is 3. The van der Waals surface area contributed by atoms with E-state index in [2.05, 4.69) is 63.1 Å². The third-order valence-electron chi connectivity index (χ3n) is 6.24. The summed E-state index contributed by atoms with van der Waals surface area (Å²) >= 11 is 0. The summed E-state index contributed by atoms with van der Waals surface area (Å²) in [4.78, 5) is 7.28. The van der Waals surface area contributed by atoms with Gasteiger partial charge in [0, 0.05) is 39.0 Å². The molecule has 1 N–H and O–H groups in total. The fourth-order valence-electron chi connectivity index (χ4n) is 4.56. The van der Waals surface area contributed by atoms with E-state index in [1.165, 1.54) is 36.2 Å². The van der Waals surface area contributed by atoms with Gasteiger partial charge in [-0.05, 0) is 44.2 Å². The smallest absolute Gasteiger partial charge is 0.194 e. The van der Waals surface area contributed by atoms with Gasteiger partial charge in [-0.25, -0.2) is 0 Å². The molecule has 0 aliphatic carbocycles. The van der Waals surface area contributed by atoms with Crippen molar-refractivity contribution >= 4 is 29.9 Å². The first-order chi connectivity index (χ1) is 15.3. The van der Waals surface area contributed by atoms with Crippen molar-refractivity contribution in [2.24, 2.45) is 4.99 Å². The zero-order chi connectivity index (χ0) is 21.5. The molecule has 1 aromatic heterocycles. The maximum atomic E-state index is 6.10. The minimum absolute atomic E-state index is 0. The highest BCUT2D eigenvalue weighted by atomic mass is 127. The molecule has 7 nitrogen and oxygen atoms in total. The van der Waals surface area contributed by atoms with Gasteiger partial charge in [0.25, 0.3) is 0 Å². The van der Waals surface area contributed by atoms with Crippen molar-refractivity contribution in [1.82, 2.24) is 25.0 Å². The van der Waals surface area contributed by atoms with Gasteiger partial charge in [-0.15, -0.1) is 34.2 Å². The Morgan fingerprint density at radius 2 is 2.06 bits per heavy atom. The summed E-state index contributed by atoms with van der Waals surface area (Å²) in [6.45, 7) is 9.41. The molecule has 1 fully saturated rings. The molecule has 0 bridgehead atoms. The van der Waals surface area contributed by atoms with Gasteiger partial charge in [0.15, 0.2) is 5.96 Å². The maximum Gasteiger partial charge on any atom is 0.194 e. The molecule has 1 unspecified atom stereocenters. The van der Waals surface area contributed by atoms with Crippen molar-refractivity contribution < 1.29 is 4.74 Å². The van der Waals surface area contributed by atoms with Gasteiger partial charge in [-0.3, -0.25) is 4.99 Å². The molecule has 1 atom stereocenters. The quantitative estimate of drug-likeness (QED) is 0.255. The SMILES string of the molecule is CCNC(=NCCCc1nnc2n1CCCCC2)N1CCOC(c2ccccc2C)C1.I. The van der Waals surface area contributed by atoms with E-state index in [-0.39, 0.29) is 30.1 Å². The van der Waals surface area contributed by atoms with Crippen LogP contribution in [0.4, 0.5) is 0 Å². The Morgan fingerprint density at radius 1 is 1.19 bits per heavy atom. The van der Waals surface area contributed by atoms with Crippen molar-refractivity contribution in [2.45, 2.75) is 65.0 Å². The summed E-state index contributed by atoms with van der Waals surface area (Å²) in [7, 11) is 0.